The zero-order valence-corrected chi connectivity index (χ0v) is 41.1. The van der Waals surface area contributed by atoms with Gasteiger partial charge in [-0.25, -0.2) is 0 Å². The maximum atomic E-state index is 12.6. The number of aryl methyl sites for hydroxylation is 2. The molecule has 0 spiro atoms. The van der Waals surface area contributed by atoms with Gasteiger partial charge in [-0.3, -0.25) is 29.0 Å². The van der Waals surface area contributed by atoms with Crippen LogP contribution in [0.3, 0.4) is 0 Å². The second-order valence-corrected chi connectivity index (χ2v) is 6.32. The first-order valence-electron chi connectivity index (χ1n) is 11.5. The molecule has 6 nitrogen and oxygen atoms in total. The molecule has 0 N–H and O–H groups in total. The topological polar surface area (TPSA) is 74.8 Å². The highest BCUT2D eigenvalue weighted by Gasteiger charge is 2.39. The van der Waals surface area contributed by atoms with Crippen LogP contribution in [0.15, 0.2) is 12.1 Å². The molecule has 0 radical (unpaired) electrons. The van der Waals surface area contributed by atoms with Crippen molar-refractivity contribution in [3.63, 3.8) is 0 Å². The zero-order valence-electron chi connectivity index (χ0n) is 26.1. The molecule has 0 bridgehead atoms. The van der Waals surface area contributed by atoms with Gasteiger partial charge < -0.3 is 0 Å². The molecular formula is C26H54I4N2O4P4. The third-order valence-corrected chi connectivity index (χ3v) is 4.91. The largest absolute Gasteiger partial charge is 0.277 e. The fourth-order valence-corrected chi connectivity index (χ4v) is 3.67. The Morgan fingerprint density at radius 1 is 0.450 bits per heavy atom. The fraction of sp³-hybridized carbons (Fsp3) is 0.462. The van der Waals surface area contributed by atoms with Crippen molar-refractivity contribution in [3.8, 4) is 0 Å². The number of hydrogen-bond acceptors (Lipinski definition) is 4. The highest BCUT2D eigenvalue weighted by molar-refractivity contribution is 14.0. The molecule has 0 aliphatic carbocycles. The number of rotatable bonds is 0. The molecule has 2 aliphatic rings. The number of carbonyl (C=O) groups excluding carboxylic acids is 4. The Balaban J connectivity index is -0.0000000794. The molecule has 0 saturated heterocycles. The molecule has 40 heavy (non-hydrogen) atoms. The van der Waals surface area contributed by atoms with Crippen molar-refractivity contribution in [3.05, 3.63) is 45.5 Å². The second kappa shape index (κ2) is 30.6. The molecular weight excluding hydrogens is 1040 g/mol. The molecule has 4 unspecified atom stereocenters. The first kappa shape index (κ1) is 64.5. The van der Waals surface area contributed by atoms with Crippen molar-refractivity contribution in [2.75, 3.05) is 14.1 Å². The van der Waals surface area contributed by atoms with Crippen LogP contribution in [-0.4, -0.2) is 47.5 Å². The summed E-state index contributed by atoms with van der Waals surface area (Å²) in [7, 11) is 2.87. The van der Waals surface area contributed by atoms with Crippen LogP contribution in [0.1, 0.15) is 108 Å². The van der Waals surface area contributed by atoms with E-state index in [9.17, 15) is 19.2 Å². The van der Waals surface area contributed by atoms with Gasteiger partial charge in [-0.05, 0) is 37.1 Å². The molecule has 0 fully saturated rings. The average Bonchev–Trinajstić information content (AvgIpc) is 2.84. The van der Waals surface area contributed by atoms with Crippen molar-refractivity contribution >= 4 is 170 Å². The van der Waals surface area contributed by atoms with Gasteiger partial charge in [0.15, 0.2) is 0 Å². The van der Waals surface area contributed by atoms with Gasteiger partial charge in [-0.15, -0.1) is 95.9 Å². The van der Waals surface area contributed by atoms with Crippen molar-refractivity contribution in [2.24, 2.45) is 0 Å². The van der Waals surface area contributed by atoms with E-state index in [0.29, 0.717) is 44.2 Å². The highest BCUT2D eigenvalue weighted by Crippen LogP contribution is 2.40. The molecule has 14 heteroatoms. The van der Waals surface area contributed by atoms with Crippen molar-refractivity contribution in [2.45, 2.75) is 69.2 Å². The number of nitrogens with zero attached hydrogens (tertiary/aromatic N) is 2. The van der Waals surface area contributed by atoms with Crippen molar-refractivity contribution in [1.82, 2.24) is 9.80 Å². The fourth-order valence-electron chi connectivity index (χ4n) is 3.67. The number of hydrogen-bond donors (Lipinski definition) is 0. The summed E-state index contributed by atoms with van der Waals surface area (Å²) >= 11 is 0. The zero-order chi connectivity index (χ0) is 25.5. The van der Waals surface area contributed by atoms with Gasteiger partial charge in [0.1, 0.15) is 0 Å². The lowest BCUT2D eigenvalue weighted by atomic mass is 9.82. The number of halogens is 4. The molecule has 2 aromatic carbocycles. The van der Waals surface area contributed by atoms with Crippen LogP contribution in [0, 0.1) is 13.8 Å². The van der Waals surface area contributed by atoms with Gasteiger partial charge in [-0.1, -0.05) is 55.4 Å². The van der Waals surface area contributed by atoms with Crippen LogP contribution in [0.4, 0.5) is 0 Å². The lowest BCUT2D eigenvalue weighted by Gasteiger charge is -2.31. The van der Waals surface area contributed by atoms with E-state index in [1.54, 1.807) is 26.0 Å². The molecule has 0 aromatic heterocycles. The number of benzene rings is 2. The summed E-state index contributed by atoms with van der Waals surface area (Å²) in [6.07, 6.45) is 0. The van der Waals surface area contributed by atoms with Crippen LogP contribution in [0.2, 0.25) is 0 Å². The summed E-state index contributed by atoms with van der Waals surface area (Å²) in [4.78, 5) is 52.5. The minimum Gasteiger partial charge on any atom is -0.277 e. The molecule has 240 valence electrons. The lowest BCUT2D eigenvalue weighted by Crippen LogP contribution is -2.41. The molecule has 2 aromatic rings. The minimum absolute atomic E-state index is 0. The molecule has 0 saturated carbocycles. The first-order chi connectivity index (χ1) is 15.3. The molecule has 4 amide bonds. The summed E-state index contributed by atoms with van der Waals surface area (Å²) in [5.74, 6) is -1.66. The normalized spacial score (nSPS) is 10.5. The van der Waals surface area contributed by atoms with Gasteiger partial charge in [0.2, 0.25) is 0 Å². The lowest BCUT2D eigenvalue weighted by molar-refractivity contribution is 0.0628. The Bertz CT molecular complexity index is 992. The monoisotopic (exact) mass is 1090 g/mol. The van der Waals surface area contributed by atoms with Crippen molar-refractivity contribution < 1.29 is 19.2 Å². The van der Waals surface area contributed by atoms with Crippen LogP contribution < -0.4 is 0 Å². The quantitative estimate of drug-likeness (QED) is 0.151. The number of amides is 4. The second-order valence-electron chi connectivity index (χ2n) is 6.32. The molecule has 4 rings (SSSR count). The van der Waals surface area contributed by atoms with Gasteiger partial charge in [0.05, 0.1) is 11.1 Å². The Morgan fingerprint density at radius 2 is 0.650 bits per heavy atom. The van der Waals surface area contributed by atoms with E-state index < -0.39 is 23.6 Å². The molecule has 2 aliphatic heterocycles. The number of imide groups is 2. The average molecular weight is 1090 g/mol. The van der Waals surface area contributed by atoms with Gasteiger partial charge in [0, 0.05) is 36.0 Å². The summed E-state index contributed by atoms with van der Waals surface area (Å²) in [5.41, 5.74) is 2.73. The summed E-state index contributed by atoms with van der Waals surface area (Å²) in [5, 5.41) is 0.849. The third kappa shape index (κ3) is 12.2. The van der Waals surface area contributed by atoms with E-state index >= 15 is 0 Å². The molecule has 2 heterocycles. The summed E-state index contributed by atoms with van der Waals surface area (Å²) in [6.45, 7) is 19.5. The predicted molar refractivity (Wildman–Crippen MR) is 238 cm³/mol. The van der Waals surface area contributed by atoms with Crippen LogP contribution in [-0.2, 0) is 0 Å². The van der Waals surface area contributed by atoms with E-state index in [4.69, 9.17) is 0 Å². The smallest absolute Gasteiger partial charge is 0.261 e. The van der Waals surface area contributed by atoms with E-state index in [2.05, 4.69) is 0 Å². The van der Waals surface area contributed by atoms with Crippen LogP contribution in [0.25, 0.3) is 10.8 Å². The van der Waals surface area contributed by atoms with Gasteiger partial charge in [0.25, 0.3) is 23.6 Å². The van der Waals surface area contributed by atoms with Crippen LogP contribution >= 0.6 is 136 Å². The minimum atomic E-state index is -0.419. The predicted octanol–water partition coefficient (Wildman–Crippen LogP) is 8.72. The van der Waals surface area contributed by atoms with E-state index in [-0.39, 0.29) is 136 Å². The maximum absolute atomic E-state index is 12.6. The highest BCUT2D eigenvalue weighted by atomic mass is 127. The van der Waals surface area contributed by atoms with E-state index in [0.717, 1.165) is 9.80 Å². The standard InChI is InChI=1S/C18H14N2O4.4C2H6.4HI.4H3P/c1-7-5-9-14-12(18(24)20(4)15(9)21)8(2)6-10-13(14)11(7)17(23)19(3)16(10)22;4*1-2;;;;;;;;/h5-6H,1-4H3;4*1-2H3;4*1H;4*1H3. The summed E-state index contributed by atoms with van der Waals surface area (Å²) < 4.78 is 0. The Hall–Kier alpha value is 1.62. The number of carbonyl (C=O) groups is 4. The van der Waals surface area contributed by atoms with Crippen LogP contribution in [0.5, 0.6) is 0 Å². The Kier molecular flexibility index (Phi) is 49.4. The Morgan fingerprint density at radius 3 is 0.850 bits per heavy atom. The summed E-state index contributed by atoms with van der Waals surface area (Å²) in [6, 6.07) is 3.27. The maximum Gasteiger partial charge on any atom is 0.261 e. The van der Waals surface area contributed by atoms with Crippen molar-refractivity contribution in [1.29, 1.82) is 0 Å². The van der Waals surface area contributed by atoms with E-state index in [1.807, 2.05) is 55.4 Å². The SMILES string of the molecule is CC.CC.CC.CC.Cc1cc2c3c(c(C)cc4c3c1C(=O)N(C)C4=O)C(=O)N(C)C2=O.I.I.I.I.P.P.P.P. The van der Waals surface area contributed by atoms with Gasteiger partial charge >= 0.3 is 0 Å². The Labute approximate surface area is 324 Å². The van der Waals surface area contributed by atoms with Gasteiger partial charge in [-0.2, -0.15) is 39.6 Å². The third-order valence-electron chi connectivity index (χ3n) is 4.91. The first-order valence-corrected chi connectivity index (χ1v) is 11.5. The van der Waals surface area contributed by atoms with E-state index in [1.165, 1.54) is 14.1 Å². The molecule has 4 atom stereocenters.